The first-order valence-corrected chi connectivity index (χ1v) is 8.38. The van der Waals surface area contributed by atoms with Gasteiger partial charge in [-0.05, 0) is 25.7 Å². The van der Waals surface area contributed by atoms with Crippen molar-refractivity contribution in [2.75, 3.05) is 13.2 Å². The van der Waals surface area contributed by atoms with Crippen molar-refractivity contribution in [3.63, 3.8) is 0 Å². The van der Waals surface area contributed by atoms with E-state index in [1.165, 1.54) is 18.4 Å². The third kappa shape index (κ3) is 19.5. The van der Waals surface area contributed by atoms with Gasteiger partial charge in [0.25, 0.3) is 0 Å². The molecule has 1 aromatic carbocycles. The first kappa shape index (κ1) is 24.2. The first-order valence-electron chi connectivity index (χ1n) is 8.38. The van der Waals surface area contributed by atoms with Crippen LogP contribution in [0.4, 0.5) is 0 Å². The molecule has 0 unspecified atom stereocenters. The summed E-state index contributed by atoms with van der Waals surface area (Å²) in [5, 5.41) is 0. The van der Waals surface area contributed by atoms with E-state index in [1.807, 2.05) is 59.7 Å². The van der Waals surface area contributed by atoms with Crippen molar-refractivity contribution >= 4 is 0 Å². The van der Waals surface area contributed by atoms with Gasteiger partial charge in [-0.25, -0.2) is 0 Å². The summed E-state index contributed by atoms with van der Waals surface area (Å²) in [5.41, 5.74) is 1.32. The normalized spacial score (nSPS) is 12.8. The molecule has 0 N–H and O–H groups in total. The summed E-state index contributed by atoms with van der Waals surface area (Å²) in [6.07, 6.45) is 2.53. The van der Waals surface area contributed by atoms with Crippen LogP contribution >= 0.6 is 0 Å². The molecule has 1 aromatic rings. The molecule has 0 spiro atoms. The van der Waals surface area contributed by atoms with Gasteiger partial charge in [-0.3, -0.25) is 0 Å². The summed E-state index contributed by atoms with van der Waals surface area (Å²) < 4.78 is 5.14. The highest BCUT2D eigenvalue weighted by Crippen LogP contribution is 2.11. The van der Waals surface area contributed by atoms with Gasteiger partial charge in [0.15, 0.2) is 0 Å². The van der Waals surface area contributed by atoms with Gasteiger partial charge in [0.05, 0.1) is 0 Å². The van der Waals surface area contributed by atoms with Gasteiger partial charge >= 0.3 is 0 Å². The van der Waals surface area contributed by atoms with Gasteiger partial charge in [-0.2, -0.15) is 0 Å². The molecule has 0 bridgehead atoms. The lowest BCUT2D eigenvalue weighted by molar-refractivity contribution is 0.0716. The highest BCUT2D eigenvalue weighted by molar-refractivity contribution is 5.11. The van der Waals surface area contributed by atoms with Gasteiger partial charge in [-0.15, -0.1) is 0 Å². The lowest BCUT2D eigenvalue weighted by Gasteiger charge is -2.16. The van der Waals surface area contributed by atoms with Crippen LogP contribution in [-0.2, 0) is 4.74 Å². The van der Waals surface area contributed by atoms with Crippen molar-refractivity contribution in [3.8, 4) is 0 Å². The van der Waals surface area contributed by atoms with Crippen LogP contribution in [0.5, 0.6) is 0 Å². The Morgan fingerprint density at radius 3 is 1.40 bits per heavy atom. The van der Waals surface area contributed by atoms with E-state index < -0.39 is 0 Å². The molecule has 1 heterocycles. The number of rotatable bonds is 0. The Bertz CT molecular complexity index is 225. The largest absolute Gasteiger partial charge is 0.381 e. The van der Waals surface area contributed by atoms with Crippen LogP contribution in [0.25, 0.3) is 0 Å². The molecule has 120 valence electrons. The minimum atomic E-state index is 0.911. The maximum Gasteiger partial charge on any atom is 0.0468 e. The average Bonchev–Trinajstić information content (AvgIpc) is 2.55. The van der Waals surface area contributed by atoms with Crippen molar-refractivity contribution < 1.29 is 4.74 Å². The number of aryl methyl sites for hydroxylation is 1. The zero-order valence-corrected chi connectivity index (χ0v) is 15.2. The number of benzene rings is 1. The minimum absolute atomic E-state index is 0.911. The second-order valence-electron chi connectivity index (χ2n) is 3.95. The van der Waals surface area contributed by atoms with Crippen LogP contribution in [0.3, 0.4) is 0 Å². The molecule has 0 aliphatic carbocycles. The Morgan fingerprint density at radius 2 is 1.20 bits per heavy atom. The van der Waals surface area contributed by atoms with Gasteiger partial charge in [0, 0.05) is 13.2 Å². The molecule has 1 aliphatic heterocycles. The van der Waals surface area contributed by atoms with E-state index in [4.69, 9.17) is 4.74 Å². The zero-order chi connectivity index (χ0) is 16.2. The van der Waals surface area contributed by atoms with E-state index in [0.717, 1.165) is 19.1 Å². The van der Waals surface area contributed by atoms with Crippen molar-refractivity contribution in [2.24, 2.45) is 5.92 Å². The summed E-state index contributed by atoms with van der Waals surface area (Å²) in [5.74, 6) is 0.911. The van der Waals surface area contributed by atoms with E-state index in [-0.39, 0.29) is 0 Å². The molecular weight excluding hydrogens is 244 g/mol. The van der Waals surface area contributed by atoms with Crippen LogP contribution in [0.15, 0.2) is 30.3 Å². The van der Waals surface area contributed by atoms with Gasteiger partial charge in [-0.1, -0.05) is 84.4 Å². The topological polar surface area (TPSA) is 9.23 Å². The molecule has 0 atom stereocenters. The fourth-order valence-corrected chi connectivity index (χ4v) is 1.35. The highest BCUT2D eigenvalue weighted by atomic mass is 16.5. The summed E-state index contributed by atoms with van der Waals surface area (Å²) in [7, 11) is 0. The van der Waals surface area contributed by atoms with Crippen molar-refractivity contribution in [1.82, 2.24) is 0 Å². The van der Waals surface area contributed by atoms with Crippen molar-refractivity contribution in [2.45, 2.75) is 68.2 Å². The van der Waals surface area contributed by atoms with Crippen LogP contribution in [0, 0.1) is 12.8 Å². The number of hydrogen-bond donors (Lipinski definition) is 0. The zero-order valence-electron chi connectivity index (χ0n) is 15.2. The Balaban J connectivity index is -0.000000211. The van der Waals surface area contributed by atoms with E-state index in [2.05, 4.69) is 26.0 Å². The molecule has 1 heteroatoms. The van der Waals surface area contributed by atoms with Crippen LogP contribution < -0.4 is 0 Å². The second-order valence-corrected chi connectivity index (χ2v) is 3.95. The summed E-state index contributed by atoms with van der Waals surface area (Å²) in [4.78, 5) is 0. The molecule has 0 amide bonds. The Hall–Kier alpha value is -0.820. The fourth-order valence-electron chi connectivity index (χ4n) is 1.35. The molecular formula is C19H38O. The quantitative estimate of drug-likeness (QED) is 0.527. The monoisotopic (exact) mass is 282 g/mol. The molecule has 0 saturated carbocycles. The molecule has 1 nitrogen and oxygen atoms in total. The number of ether oxygens (including phenoxy) is 1. The second kappa shape index (κ2) is 23.3. The van der Waals surface area contributed by atoms with Crippen LogP contribution in [0.2, 0.25) is 0 Å². The minimum Gasteiger partial charge on any atom is -0.381 e. The first-order chi connectivity index (χ1) is 9.79. The van der Waals surface area contributed by atoms with Gasteiger partial charge < -0.3 is 4.74 Å². The average molecular weight is 283 g/mol. The van der Waals surface area contributed by atoms with E-state index in [0.29, 0.717) is 0 Å². The lowest BCUT2D eigenvalue weighted by atomic mass is 10.0. The van der Waals surface area contributed by atoms with Crippen LogP contribution in [-0.4, -0.2) is 13.2 Å². The Kier molecular flexibility index (Phi) is 28.2. The van der Waals surface area contributed by atoms with Gasteiger partial charge in [0.1, 0.15) is 0 Å². The lowest BCUT2D eigenvalue weighted by Crippen LogP contribution is -2.12. The van der Waals surface area contributed by atoms with E-state index in [9.17, 15) is 0 Å². The van der Waals surface area contributed by atoms with E-state index in [1.54, 1.807) is 0 Å². The summed E-state index contributed by atoms with van der Waals surface area (Å²) >= 11 is 0. The predicted octanol–water partition coefficient (Wildman–Crippen LogP) is 6.51. The molecule has 2 rings (SSSR count). The highest BCUT2D eigenvalue weighted by Gasteiger charge is 2.06. The Labute approximate surface area is 128 Å². The third-order valence-corrected chi connectivity index (χ3v) is 2.45. The van der Waals surface area contributed by atoms with Crippen molar-refractivity contribution in [3.05, 3.63) is 35.9 Å². The molecule has 20 heavy (non-hydrogen) atoms. The maximum atomic E-state index is 5.14. The standard InChI is InChI=1S/C7H8.C6H12O.3C2H6/c1-7-5-3-2-4-6-7;1-6-2-4-7-5-3-6;3*1-2/h2-6H,1H3;6H,2-5H2,1H3;3*1-2H3. The summed E-state index contributed by atoms with van der Waals surface area (Å²) in [6.45, 7) is 18.3. The summed E-state index contributed by atoms with van der Waals surface area (Å²) in [6, 6.07) is 10.3. The van der Waals surface area contributed by atoms with E-state index >= 15 is 0 Å². The fraction of sp³-hybridized carbons (Fsp3) is 0.684. The molecule has 1 fully saturated rings. The SMILES string of the molecule is CC.CC.CC.CC1CCOCC1.Cc1ccccc1. The van der Waals surface area contributed by atoms with Gasteiger partial charge in [0.2, 0.25) is 0 Å². The molecule has 0 aromatic heterocycles. The third-order valence-electron chi connectivity index (χ3n) is 2.45. The Morgan fingerprint density at radius 1 is 0.800 bits per heavy atom. The molecule has 1 saturated heterocycles. The van der Waals surface area contributed by atoms with Crippen LogP contribution in [0.1, 0.15) is 66.9 Å². The molecule has 1 aliphatic rings. The van der Waals surface area contributed by atoms with Crippen molar-refractivity contribution in [1.29, 1.82) is 0 Å². The molecule has 0 radical (unpaired) electrons. The maximum absolute atomic E-state index is 5.14. The predicted molar refractivity (Wildman–Crippen MR) is 94.4 cm³/mol. The smallest absolute Gasteiger partial charge is 0.0468 e. The number of hydrogen-bond acceptors (Lipinski definition) is 1.